The quantitative estimate of drug-likeness (QED) is 0.0267. The second-order valence-electron chi connectivity index (χ2n) is 15.3. The molecule has 0 saturated heterocycles. The molecule has 0 aliphatic carbocycles. The predicted molar refractivity (Wildman–Crippen MR) is 233 cm³/mol. The van der Waals surface area contributed by atoms with Crippen molar-refractivity contribution in [1.82, 2.24) is 0 Å². The van der Waals surface area contributed by atoms with Crippen molar-refractivity contribution in [3.8, 4) is 0 Å². The molecule has 0 aliphatic heterocycles. The van der Waals surface area contributed by atoms with Crippen LogP contribution in [0.5, 0.6) is 0 Å². The Balaban J connectivity index is 4.43. The normalized spacial score (nSPS) is 12.4. The minimum Gasteiger partial charge on any atom is -0.462 e. The van der Waals surface area contributed by atoms with Gasteiger partial charge >= 0.3 is 17.9 Å². The number of ether oxygens (including phenoxy) is 3. The lowest BCUT2D eigenvalue weighted by Gasteiger charge is -2.18. The Morgan fingerprint density at radius 3 is 1.13 bits per heavy atom. The smallest absolute Gasteiger partial charge is 0.306 e. The summed E-state index contributed by atoms with van der Waals surface area (Å²) < 4.78 is 16.7. The Labute approximate surface area is 339 Å². The Morgan fingerprint density at radius 1 is 0.364 bits per heavy atom. The molecule has 318 valence electrons. The average molecular weight is 771 g/mol. The van der Waals surface area contributed by atoms with E-state index in [1.165, 1.54) is 103 Å². The van der Waals surface area contributed by atoms with E-state index < -0.39 is 6.10 Å². The third-order valence-corrected chi connectivity index (χ3v) is 9.81. The number of allylic oxidation sites excluding steroid dienone is 8. The van der Waals surface area contributed by atoms with Crippen molar-refractivity contribution >= 4 is 17.9 Å². The first kappa shape index (κ1) is 52.4. The van der Waals surface area contributed by atoms with Crippen LogP contribution in [0.15, 0.2) is 48.6 Å². The largest absolute Gasteiger partial charge is 0.462 e. The first-order chi connectivity index (χ1) is 27.0. The zero-order chi connectivity index (χ0) is 40.1. The van der Waals surface area contributed by atoms with Crippen molar-refractivity contribution in [3.63, 3.8) is 0 Å². The lowest BCUT2D eigenvalue weighted by atomic mass is 10.1. The van der Waals surface area contributed by atoms with E-state index in [0.717, 1.165) is 83.5 Å². The van der Waals surface area contributed by atoms with Crippen molar-refractivity contribution < 1.29 is 28.6 Å². The molecule has 0 amide bonds. The standard InChI is InChI=1S/C49H86O6/c1-4-7-10-13-16-19-21-23-24-26-27-30-33-36-39-42-48(51)54-45-46(44-53-47(50)41-38-35-32-29-18-15-12-9-6-3)55-49(52)43-40-37-34-31-28-25-22-20-17-14-11-8-5-2/h16,19-20,22-24,27,30,46H,4-15,17-18,21,25-26,28-29,31-45H2,1-3H3/b19-16-,22-20-,24-23-,30-27-/t46-/m1/s1. The lowest BCUT2D eigenvalue weighted by molar-refractivity contribution is -0.167. The fraction of sp³-hybridized carbons (Fsp3) is 0.776. The number of carbonyl (C=O) groups excluding carboxylic acids is 3. The van der Waals surface area contributed by atoms with Gasteiger partial charge in [-0.2, -0.15) is 0 Å². The molecule has 0 fully saturated rings. The first-order valence-electron chi connectivity index (χ1n) is 23.1. The van der Waals surface area contributed by atoms with E-state index in [0.29, 0.717) is 19.3 Å². The van der Waals surface area contributed by atoms with Crippen LogP contribution in [0, 0.1) is 0 Å². The van der Waals surface area contributed by atoms with Crippen LogP contribution in [-0.4, -0.2) is 37.2 Å². The summed E-state index contributed by atoms with van der Waals surface area (Å²) in [5, 5.41) is 0. The van der Waals surface area contributed by atoms with Crippen LogP contribution in [0.1, 0.15) is 226 Å². The molecular formula is C49H86O6. The van der Waals surface area contributed by atoms with Crippen LogP contribution < -0.4 is 0 Å². The molecule has 0 unspecified atom stereocenters. The van der Waals surface area contributed by atoms with Gasteiger partial charge in [-0.1, -0.05) is 172 Å². The topological polar surface area (TPSA) is 78.9 Å². The third-order valence-electron chi connectivity index (χ3n) is 9.81. The van der Waals surface area contributed by atoms with E-state index in [4.69, 9.17) is 14.2 Å². The number of hydrogen-bond acceptors (Lipinski definition) is 6. The average Bonchev–Trinajstić information content (AvgIpc) is 3.18. The van der Waals surface area contributed by atoms with E-state index in [1.54, 1.807) is 0 Å². The van der Waals surface area contributed by atoms with Crippen molar-refractivity contribution in [2.45, 2.75) is 232 Å². The molecule has 0 N–H and O–H groups in total. The highest BCUT2D eigenvalue weighted by atomic mass is 16.6. The van der Waals surface area contributed by atoms with Gasteiger partial charge in [-0.05, 0) is 83.5 Å². The highest BCUT2D eigenvalue weighted by Crippen LogP contribution is 2.13. The summed E-state index contributed by atoms with van der Waals surface area (Å²) in [5.41, 5.74) is 0. The zero-order valence-corrected chi connectivity index (χ0v) is 36.2. The van der Waals surface area contributed by atoms with Gasteiger partial charge in [0.25, 0.3) is 0 Å². The molecular weight excluding hydrogens is 685 g/mol. The molecule has 0 aromatic heterocycles. The minimum atomic E-state index is -0.787. The fourth-order valence-corrected chi connectivity index (χ4v) is 6.27. The van der Waals surface area contributed by atoms with Crippen LogP contribution in [0.2, 0.25) is 0 Å². The van der Waals surface area contributed by atoms with Gasteiger partial charge in [-0.25, -0.2) is 0 Å². The molecule has 0 bridgehead atoms. The molecule has 0 aromatic carbocycles. The fourth-order valence-electron chi connectivity index (χ4n) is 6.27. The van der Waals surface area contributed by atoms with Gasteiger partial charge in [0.1, 0.15) is 13.2 Å². The van der Waals surface area contributed by atoms with Crippen LogP contribution in [0.4, 0.5) is 0 Å². The maximum Gasteiger partial charge on any atom is 0.306 e. The number of carbonyl (C=O) groups is 3. The summed E-state index contributed by atoms with van der Waals surface area (Å²) >= 11 is 0. The van der Waals surface area contributed by atoms with E-state index >= 15 is 0 Å². The van der Waals surface area contributed by atoms with Gasteiger partial charge in [0.2, 0.25) is 0 Å². The van der Waals surface area contributed by atoms with Gasteiger partial charge in [0, 0.05) is 19.3 Å². The summed E-state index contributed by atoms with van der Waals surface area (Å²) in [6.45, 7) is 6.52. The van der Waals surface area contributed by atoms with Gasteiger partial charge in [-0.3, -0.25) is 14.4 Å². The van der Waals surface area contributed by atoms with Crippen molar-refractivity contribution in [2.75, 3.05) is 13.2 Å². The molecule has 0 rings (SSSR count). The monoisotopic (exact) mass is 771 g/mol. The molecule has 0 spiro atoms. The van der Waals surface area contributed by atoms with E-state index in [-0.39, 0.29) is 31.1 Å². The zero-order valence-electron chi connectivity index (χ0n) is 36.2. The third kappa shape index (κ3) is 42.4. The van der Waals surface area contributed by atoms with E-state index in [1.807, 2.05) is 0 Å². The summed E-state index contributed by atoms with van der Waals surface area (Å²) in [6, 6.07) is 0. The number of rotatable bonds is 41. The van der Waals surface area contributed by atoms with Crippen molar-refractivity contribution in [3.05, 3.63) is 48.6 Å². The van der Waals surface area contributed by atoms with Gasteiger partial charge in [0.05, 0.1) is 0 Å². The van der Waals surface area contributed by atoms with E-state index in [9.17, 15) is 14.4 Å². The number of hydrogen-bond donors (Lipinski definition) is 0. The number of esters is 3. The molecule has 0 saturated carbocycles. The van der Waals surface area contributed by atoms with E-state index in [2.05, 4.69) is 69.4 Å². The summed E-state index contributed by atoms with van der Waals surface area (Å²) in [7, 11) is 0. The summed E-state index contributed by atoms with van der Waals surface area (Å²) in [6.07, 6.45) is 50.9. The van der Waals surface area contributed by atoms with Crippen molar-refractivity contribution in [2.24, 2.45) is 0 Å². The Hall–Kier alpha value is -2.63. The lowest BCUT2D eigenvalue weighted by Crippen LogP contribution is -2.30. The van der Waals surface area contributed by atoms with Gasteiger partial charge in [0.15, 0.2) is 6.10 Å². The Kier molecular flexibility index (Phi) is 42.0. The van der Waals surface area contributed by atoms with Crippen LogP contribution in [0.3, 0.4) is 0 Å². The second kappa shape index (κ2) is 44.1. The molecule has 0 heterocycles. The maximum atomic E-state index is 12.7. The molecule has 55 heavy (non-hydrogen) atoms. The van der Waals surface area contributed by atoms with Crippen LogP contribution in [0.25, 0.3) is 0 Å². The molecule has 0 aliphatic rings. The number of unbranched alkanes of at least 4 members (excludes halogenated alkanes) is 22. The SMILES string of the molecule is CCCCC/C=C\C/C=C\C/C=C\CCCCC(=O)OC[C@@H](COC(=O)CCCCCCCCCCC)OC(=O)CCCCCCC/C=C\CCCCCC. The van der Waals surface area contributed by atoms with Crippen molar-refractivity contribution in [1.29, 1.82) is 0 Å². The minimum absolute atomic E-state index is 0.0874. The Bertz CT molecular complexity index is 980. The highest BCUT2D eigenvalue weighted by Gasteiger charge is 2.19. The summed E-state index contributed by atoms with van der Waals surface area (Å²) in [5.74, 6) is -0.939. The first-order valence-corrected chi connectivity index (χ1v) is 23.1. The molecule has 6 heteroatoms. The molecule has 0 aromatic rings. The predicted octanol–water partition coefficient (Wildman–Crippen LogP) is 14.8. The molecule has 6 nitrogen and oxygen atoms in total. The van der Waals surface area contributed by atoms with Crippen LogP contribution >= 0.6 is 0 Å². The highest BCUT2D eigenvalue weighted by molar-refractivity contribution is 5.71. The van der Waals surface area contributed by atoms with Gasteiger partial charge in [-0.15, -0.1) is 0 Å². The molecule has 0 radical (unpaired) electrons. The second-order valence-corrected chi connectivity index (χ2v) is 15.3. The van der Waals surface area contributed by atoms with Crippen LogP contribution in [-0.2, 0) is 28.6 Å². The van der Waals surface area contributed by atoms with Gasteiger partial charge < -0.3 is 14.2 Å². The maximum absolute atomic E-state index is 12.7. The Morgan fingerprint density at radius 2 is 0.655 bits per heavy atom. The molecule has 1 atom stereocenters. The summed E-state index contributed by atoms with van der Waals surface area (Å²) in [4.78, 5) is 37.7.